The van der Waals surface area contributed by atoms with Crippen molar-refractivity contribution in [1.29, 1.82) is 0 Å². The van der Waals surface area contributed by atoms with Crippen LogP contribution in [0.15, 0.2) is 43.0 Å². The number of anilines is 2. The lowest BCUT2D eigenvalue weighted by atomic mass is 10.0. The molecule has 0 radical (unpaired) electrons. The zero-order chi connectivity index (χ0) is 28.9. The molecule has 2 amide bonds. The van der Waals surface area contributed by atoms with Gasteiger partial charge in [-0.1, -0.05) is 18.2 Å². The van der Waals surface area contributed by atoms with Gasteiger partial charge in [0.25, 0.3) is 0 Å². The maximum atomic E-state index is 12.6. The van der Waals surface area contributed by atoms with E-state index in [1.165, 1.54) is 0 Å². The minimum Gasteiger partial charge on any atom is -0.491 e. The zero-order valence-corrected chi connectivity index (χ0v) is 23.9. The van der Waals surface area contributed by atoms with Gasteiger partial charge in [-0.15, -0.1) is 0 Å². The van der Waals surface area contributed by atoms with Gasteiger partial charge in [-0.3, -0.25) is 0 Å². The number of carbonyl (C=O) groups is 1. The third kappa shape index (κ3) is 6.04. The number of benzene rings is 1. The second kappa shape index (κ2) is 12.8. The summed E-state index contributed by atoms with van der Waals surface area (Å²) >= 11 is 0. The van der Waals surface area contributed by atoms with Crippen molar-refractivity contribution in [3.05, 3.63) is 54.1 Å². The summed E-state index contributed by atoms with van der Waals surface area (Å²) in [5.74, 6) is 1.77. The van der Waals surface area contributed by atoms with E-state index < -0.39 is 6.29 Å². The van der Waals surface area contributed by atoms with Crippen molar-refractivity contribution >= 4 is 40.5 Å². The van der Waals surface area contributed by atoms with Crippen molar-refractivity contribution in [2.45, 2.75) is 38.5 Å². The third-order valence-electron chi connectivity index (χ3n) is 8.04. The van der Waals surface area contributed by atoms with Gasteiger partial charge in [-0.2, -0.15) is 0 Å². The maximum absolute atomic E-state index is 12.6. The number of rotatable bonds is 9. The number of aliphatic hydroxyl groups is 1. The molecule has 2 atom stereocenters. The van der Waals surface area contributed by atoms with E-state index in [0.717, 1.165) is 59.7 Å². The molecule has 2 fully saturated rings. The number of H-pyrrole nitrogens is 1. The molecule has 222 valence electrons. The first-order valence-electron chi connectivity index (χ1n) is 14.7. The Labute approximate surface area is 245 Å². The van der Waals surface area contributed by atoms with Gasteiger partial charge in [0.1, 0.15) is 24.2 Å². The number of ether oxygens (including phenoxy) is 2. The number of amides is 2. The number of hydrogen-bond donors (Lipinski definition) is 3. The molecule has 4 heterocycles. The number of imidazole rings is 1. The predicted octanol–water partition coefficient (Wildman–Crippen LogP) is 2.98. The van der Waals surface area contributed by atoms with Crippen LogP contribution in [0.1, 0.15) is 37.3 Å². The van der Waals surface area contributed by atoms with Crippen molar-refractivity contribution in [2.75, 3.05) is 62.3 Å². The summed E-state index contributed by atoms with van der Waals surface area (Å²) < 4.78 is 11.7. The standard InChI is InChI=1S/C30H38N8O4/c1-2-41-26(39)17-31-30(40)37-14-12-36(13-15-37)22-10-9-21-6-3-4-8-25(24(21)16-22)42-18-23-7-5-11-38(23)29-27-28(33-19-32-27)34-20-35-29/h3,6,8-10,16,19-20,23,26,39H,2,4-5,7,11-15,17-18H2,1H3,(H,31,40)(H,32,33,34,35). The third-order valence-corrected chi connectivity index (χ3v) is 8.04. The first-order valence-corrected chi connectivity index (χ1v) is 14.7. The second-order valence-electron chi connectivity index (χ2n) is 10.6. The van der Waals surface area contributed by atoms with E-state index in [4.69, 9.17) is 9.47 Å². The Morgan fingerprint density at radius 3 is 2.93 bits per heavy atom. The number of nitrogens with one attached hydrogen (secondary N) is 2. The summed E-state index contributed by atoms with van der Waals surface area (Å²) in [5, 5.41) is 12.5. The molecule has 3 aromatic rings. The lowest BCUT2D eigenvalue weighted by Gasteiger charge is -2.36. The van der Waals surface area contributed by atoms with E-state index in [2.05, 4.69) is 71.5 Å². The molecular formula is C30H38N8O4. The number of urea groups is 1. The smallest absolute Gasteiger partial charge is 0.317 e. The Morgan fingerprint density at radius 1 is 1.19 bits per heavy atom. The summed E-state index contributed by atoms with van der Waals surface area (Å²) in [4.78, 5) is 35.3. The number of allylic oxidation sites excluding steroid dienone is 2. The van der Waals surface area contributed by atoms with Gasteiger partial charge in [-0.05, 0) is 50.0 Å². The van der Waals surface area contributed by atoms with E-state index >= 15 is 0 Å². The van der Waals surface area contributed by atoms with Crippen LogP contribution in [-0.4, -0.2) is 101 Å². The first kappa shape index (κ1) is 28.0. The fourth-order valence-electron chi connectivity index (χ4n) is 5.87. The molecule has 3 aliphatic rings. The maximum Gasteiger partial charge on any atom is 0.317 e. The van der Waals surface area contributed by atoms with Crippen LogP contribution >= 0.6 is 0 Å². The van der Waals surface area contributed by atoms with E-state index in [1.807, 2.05) is 0 Å². The predicted molar refractivity (Wildman–Crippen MR) is 161 cm³/mol. The van der Waals surface area contributed by atoms with Gasteiger partial charge in [0.2, 0.25) is 0 Å². The second-order valence-corrected chi connectivity index (χ2v) is 10.6. The SMILES string of the molecule is CCOC(O)CNC(=O)N1CCN(c2ccc3c(c2)C(OCC2CCCN2c2ncnc4nc[nH]c24)=CCC=C3)CC1. The quantitative estimate of drug-likeness (QED) is 0.330. The van der Waals surface area contributed by atoms with Crippen LogP contribution in [0.4, 0.5) is 16.3 Å². The van der Waals surface area contributed by atoms with Gasteiger partial charge in [-0.25, -0.2) is 19.7 Å². The number of aromatic amines is 1. The summed E-state index contributed by atoms with van der Waals surface area (Å²) in [6.45, 7) is 6.36. The number of carbonyl (C=O) groups excluding carboxylic acids is 1. The summed E-state index contributed by atoms with van der Waals surface area (Å²) in [6, 6.07) is 6.51. The molecule has 0 bridgehead atoms. The van der Waals surface area contributed by atoms with Gasteiger partial charge in [0.15, 0.2) is 17.8 Å². The van der Waals surface area contributed by atoms with Crippen molar-refractivity contribution < 1.29 is 19.4 Å². The topological polar surface area (TPSA) is 132 Å². The Kier molecular flexibility index (Phi) is 8.52. The Hall–Kier alpha value is -4.16. The number of aromatic nitrogens is 4. The van der Waals surface area contributed by atoms with Gasteiger partial charge < -0.3 is 39.6 Å². The molecule has 42 heavy (non-hydrogen) atoms. The van der Waals surface area contributed by atoms with Crippen LogP contribution in [0.3, 0.4) is 0 Å². The highest BCUT2D eigenvalue weighted by Gasteiger charge is 2.29. The van der Waals surface area contributed by atoms with Crippen LogP contribution < -0.4 is 15.1 Å². The van der Waals surface area contributed by atoms with Crippen LogP contribution in [0.5, 0.6) is 0 Å². The monoisotopic (exact) mass is 574 g/mol. The molecule has 1 aliphatic carbocycles. The molecule has 2 aliphatic heterocycles. The molecule has 2 saturated heterocycles. The van der Waals surface area contributed by atoms with Crippen LogP contribution in [0.2, 0.25) is 0 Å². The van der Waals surface area contributed by atoms with Crippen LogP contribution in [0, 0.1) is 0 Å². The number of hydrogen-bond acceptors (Lipinski definition) is 9. The van der Waals surface area contributed by atoms with E-state index in [-0.39, 0.29) is 18.6 Å². The van der Waals surface area contributed by atoms with Gasteiger partial charge in [0, 0.05) is 50.6 Å². The lowest BCUT2D eigenvalue weighted by molar-refractivity contribution is -0.0901. The van der Waals surface area contributed by atoms with E-state index in [1.54, 1.807) is 24.5 Å². The molecule has 1 aromatic carbocycles. The molecular weight excluding hydrogens is 536 g/mol. The fourth-order valence-corrected chi connectivity index (χ4v) is 5.87. The molecule has 0 saturated carbocycles. The average Bonchev–Trinajstić information content (AvgIpc) is 3.65. The van der Waals surface area contributed by atoms with E-state index in [0.29, 0.717) is 45.0 Å². The van der Waals surface area contributed by atoms with Crippen molar-refractivity contribution in [3.63, 3.8) is 0 Å². The minimum atomic E-state index is -0.991. The number of nitrogens with zero attached hydrogens (tertiary/aromatic N) is 6. The van der Waals surface area contributed by atoms with E-state index in [9.17, 15) is 9.90 Å². The van der Waals surface area contributed by atoms with Crippen molar-refractivity contribution in [1.82, 2.24) is 30.2 Å². The molecule has 6 rings (SSSR count). The number of piperazine rings is 1. The summed E-state index contributed by atoms with van der Waals surface area (Å²) in [5.41, 5.74) is 4.85. The number of fused-ring (bicyclic) bond motifs is 2. The molecule has 12 heteroatoms. The van der Waals surface area contributed by atoms with Crippen molar-refractivity contribution in [2.24, 2.45) is 0 Å². The van der Waals surface area contributed by atoms with Gasteiger partial charge >= 0.3 is 6.03 Å². The molecule has 2 unspecified atom stereocenters. The highest BCUT2D eigenvalue weighted by Crippen LogP contribution is 2.33. The van der Waals surface area contributed by atoms with Crippen molar-refractivity contribution in [3.8, 4) is 0 Å². The number of aliphatic hydroxyl groups excluding tert-OH is 1. The minimum absolute atomic E-state index is 0.0749. The summed E-state index contributed by atoms with van der Waals surface area (Å²) in [6.07, 6.45) is 11.6. The Balaban J connectivity index is 1.10. The average molecular weight is 575 g/mol. The molecule has 3 N–H and O–H groups in total. The van der Waals surface area contributed by atoms with Crippen LogP contribution in [-0.2, 0) is 9.47 Å². The first-order chi connectivity index (χ1) is 20.6. The van der Waals surface area contributed by atoms with Crippen LogP contribution in [0.25, 0.3) is 23.0 Å². The molecule has 2 aromatic heterocycles. The highest BCUT2D eigenvalue weighted by molar-refractivity contribution is 5.83. The lowest BCUT2D eigenvalue weighted by Crippen LogP contribution is -2.52. The summed E-state index contributed by atoms with van der Waals surface area (Å²) in [7, 11) is 0. The zero-order valence-electron chi connectivity index (χ0n) is 23.9. The Bertz CT molecular complexity index is 1450. The Morgan fingerprint density at radius 2 is 2.07 bits per heavy atom. The normalized spacial score (nSPS) is 19.4. The molecule has 12 nitrogen and oxygen atoms in total. The largest absolute Gasteiger partial charge is 0.491 e. The fraction of sp³-hybridized carbons (Fsp3) is 0.467. The highest BCUT2D eigenvalue weighted by atomic mass is 16.6. The molecule has 0 spiro atoms. The van der Waals surface area contributed by atoms with Gasteiger partial charge in [0.05, 0.1) is 18.9 Å².